The molecule has 0 unspecified atom stereocenters. The molecule has 0 saturated carbocycles. The van der Waals surface area contributed by atoms with Gasteiger partial charge in [-0.2, -0.15) is 0 Å². The molecule has 1 saturated heterocycles. The van der Waals surface area contributed by atoms with Gasteiger partial charge in [-0.05, 0) is 48.9 Å². The summed E-state index contributed by atoms with van der Waals surface area (Å²) < 4.78 is 0. The lowest BCUT2D eigenvalue weighted by molar-refractivity contribution is -0.117. The molecule has 0 aliphatic carbocycles. The fourth-order valence-electron chi connectivity index (χ4n) is 2.89. The van der Waals surface area contributed by atoms with Gasteiger partial charge in [0.05, 0.1) is 0 Å². The summed E-state index contributed by atoms with van der Waals surface area (Å²) in [6, 6.07) is 14.1. The molecule has 2 aromatic carbocycles. The summed E-state index contributed by atoms with van der Waals surface area (Å²) in [5.74, 6) is -0.214. The van der Waals surface area contributed by atoms with Crippen molar-refractivity contribution >= 4 is 34.8 Å². The molecule has 1 heterocycles. The van der Waals surface area contributed by atoms with Crippen LogP contribution in [0, 0.1) is 0 Å². The van der Waals surface area contributed by atoms with Crippen LogP contribution in [0.25, 0.3) is 0 Å². The van der Waals surface area contributed by atoms with Gasteiger partial charge < -0.3 is 15.1 Å². The highest BCUT2D eigenvalue weighted by Gasteiger charge is 2.22. The smallest absolute Gasteiger partial charge is 0.255 e. The number of nitrogens with one attached hydrogen (secondary N) is 1. The van der Waals surface area contributed by atoms with E-state index < -0.39 is 0 Å². The molecule has 2 aromatic rings. The van der Waals surface area contributed by atoms with Gasteiger partial charge in [-0.25, -0.2) is 0 Å². The van der Waals surface area contributed by atoms with E-state index in [1.165, 1.54) is 11.8 Å². The number of nitrogens with zero attached hydrogens (tertiary/aromatic N) is 2. The SMILES string of the molecule is CC(=O)N(C)c1ccc(NC(=O)c2cccc(N3CCCC3=O)c2)cc1. The first-order valence-electron chi connectivity index (χ1n) is 8.52. The molecule has 3 amide bonds. The van der Waals surface area contributed by atoms with Gasteiger partial charge in [0, 0.05) is 49.6 Å². The summed E-state index contributed by atoms with van der Waals surface area (Å²) in [4.78, 5) is 39.0. The molecule has 0 spiro atoms. The average Bonchev–Trinajstić information content (AvgIpc) is 3.07. The highest BCUT2D eigenvalue weighted by atomic mass is 16.2. The molecule has 3 rings (SSSR count). The predicted molar refractivity (Wildman–Crippen MR) is 102 cm³/mol. The zero-order chi connectivity index (χ0) is 18.7. The van der Waals surface area contributed by atoms with Crippen LogP contribution in [-0.4, -0.2) is 31.3 Å². The van der Waals surface area contributed by atoms with Crippen LogP contribution in [0.5, 0.6) is 0 Å². The van der Waals surface area contributed by atoms with Crippen molar-refractivity contribution in [3.63, 3.8) is 0 Å². The fraction of sp³-hybridized carbons (Fsp3) is 0.250. The summed E-state index contributed by atoms with van der Waals surface area (Å²) >= 11 is 0. The average molecular weight is 351 g/mol. The molecule has 6 heteroatoms. The predicted octanol–water partition coefficient (Wildman–Crippen LogP) is 3.05. The molecule has 0 aromatic heterocycles. The Morgan fingerprint density at radius 1 is 1.12 bits per heavy atom. The van der Waals surface area contributed by atoms with Crippen LogP contribution in [0.4, 0.5) is 17.1 Å². The van der Waals surface area contributed by atoms with Crippen LogP contribution in [0.15, 0.2) is 48.5 Å². The molecule has 0 atom stereocenters. The normalized spacial score (nSPS) is 13.6. The molecule has 1 N–H and O–H groups in total. The summed E-state index contributed by atoms with van der Waals surface area (Å²) in [5, 5.41) is 2.84. The Kier molecular flexibility index (Phi) is 5.02. The van der Waals surface area contributed by atoms with Gasteiger partial charge in [-0.3, -0.25) is 14.4 Å². The maximum atomic E-state index is 12.5. The zero-order valence-corrected chi connectivity index (χ0v) is 14.9. The van der Waals surface area contributed by atoms with Gasteiger partial charge in [0.15, 0.2) is 0 Å². The molecule has 1 aliphatic rings. The molecule has 134 valence electrons. The quantitative estimate of drug-likeness (QED) is 0.920. The van der Waals surface area contributed by atoms with E-state index in [0.717, 1.165) is 17.8 Å². The summed E-state index contributed by atoms with van der Waals surface area (Å²) in [5.41, 5.74) is 2.63. The van der Waals surface area contributed by atoms with Crippen molar-refractivity contribution < 1.29 is 14.4 Å². The Morgan fingerprint density at radius 3 is 2.46 bits per heavy atom. The lowest BCUT2D eigenvalue weighted by Crippen LogP contribution is -2.24. The fourth-order valence-corrected chi connectivity index (χ4v) is 2.89. The van der Waals surface area contributed by atoms with E-state index in [4.69, 9.17) is 0 Å². The molecular formula is C20H21N3O3. The number of carbonyl (C=O) groups excluding carboxylic acids is 3. The molecule has 1 aliphatic heterocycles. The van der Waals surface area contributed by atoms with Gasteiger partial charge in [-0.1, -0.05) is 6.07 Å². The third kappa shape index (κ3) is 3.74. The molecule has 6 nitrogen and oxygen atoms in total. The first-order valence-corrected chi connectivity index (χ1v) is 8.52. The summed E-state index contributed by atoms with van der Waals surface area (Å²) in [7, 11) is 1.70. The van der Waals surface area contributed by atoms with Gasteiger partial charge >= 0.3 is 0 Å². The number of hydrogen-bond acceptors (Lipinski definition) is 3. The van der Waals surface area contributed by atoms with Crippen LogP contribution < -0.4 is 15.1 Å². The minimum atomic E-state index is -0.244. The van der Waals surface area contributed by atoms with Crippen molar-refractivity contribution in [1.82, 2.24) is 0 Å². The van der Waals surface area contributed by atoms with Gasteiger partial charge in [0.25, 0.3) is 5.91 Å². The third-order valence-electron chi connectivity index (χ3n) is 4.48. The standard InChI is InChI=1S/C20H21N3O3/c1-14(24)22(2)17-10-8-16(9-11-17)21-20(26)15-5-3-6-18(13-15)23-12-4-7-19(23)25/h3,5-6,8-11,13H,4,7,12H2,1-2H3,(H,21,26). The minimum absolute atomic E-state index is 0.0601. The monoisotopic (exact) mass is 351 g/mol. The zero-order valence-electron chi connectivity index (χ0n) is 14.9. The first kappa shape index (κ1) is 17.7. The Morgan fingerprint density at radius 2 is 1.85 bits per heavy atom. The van der Waals surface area contributed by atoms with Crippen molar-refractivity contribution in [2.45, 2.75) is 19.8 Å². The van der Waals surface area contributed by atoms with Gasteiger partial charge in [0.1, 0.15) is 0 Å². The van der Waals surface area contributed by atoms with Crippen molar-refractivity contribution in [2.24, 2.45) is 0 Å². The minimum Gasteiger partial charge on any atom is -0.322 e. The van der Waals surface area contributed by atoms with E-state index in [2.05, 4.69) is 5.32 Å². The Bertz CT molecular complexity index is 846. The lowest BCUT2D eigenvalue weighted by Gasteiger charge is -2.17. The van der Waals surface area contributed by atoms with Crippen LogP contribution >= 0.6 is 0 Å². The van der Waals surface area contributed by atoms with Crippen molar-refractivity contribution in [1.29, 1.82) is 0 Å². The molecule has 1 fully saturated rings. The Labute approximate surface area is 152 Å². The van der Waals surface area contributed by atoms with Gasteiger partial charge in [0.2, 0.25) is 11.8 Å². The Hall–Kier alpha value is -3.15. The maximum Gasteiger partial charge on any atom is 0.255 e. The van der Waals surface area contributed by atoms with E-state index in [-0.39, 0.29) is 17.7 Å². The number of benzene rings is 2. The topological polar surface area (TPSA) is 69.7 Å². The Balaban J connectivity index is 1.72. The van der Waals surface area contributed by atoms with Crippen LogP contribution in [0.1, 0.15) is 30.1 Å². The van der Waals surface area contributed by atoms with Crippen LogP contribution in [0.3, 0.4) is 0 Å². The number of anilines is 3. The second-order valence-electron chi connectivity index (χ2n) is 6.28. The highest BCUT2D eigenvalue weighted by Crippen LogP contribution is 2.23. The van der Waals surface area contributed by atoms with Crippen molar-refractivity contribution in [3.8, 4) is 0 Å². The number of carbonyl (C=O) groups is 3. The van der Waals surface area contributed by atoms with Crippen molar-refractivity contribution in [2.75, 3.05) is 28.7 Å². The number of hydrogen-bond donors (Lipinski definition) is 1. The van der Waals surface area contributed by atoms with Crippen LogP contribution in [-0.2, 0) is 9.59 Å². The first-order chi connectivity index (χ1) is 12.5. The van der Waals surface area contributed by atoms with Crippen LogP contribution in [0.2, 0.25) is 0 Å². The molecule has 0 radical (unpaired) electrons. The van der Waals surface area contributed by atoms with E-state index >= 15 is 0 Å². The van der Waals surface area contributed by atoms with E-state index in [0.29, 0.717) is 24.2 Å². The number of amides is 3. The highest BCUT2D eigenvalue weighted by molar-refractivity contribution is 6.06. The second kappa shape index (κ2) is 7.39. The lowest BCUT2D eigenvalue weighted by atomic mass is 10.1. The molecule has 0 bridgehead atoms. The third-order valence-corrected chi connectivity index (χ3v) is 4.48. The van der Waals surface area contributed by atoms with Crippen molar-refractivity contribution in [3.05, 3.63) is 54.1 Å². The van der Waals surface area contributed by atoms with E-state index in [1.54, 1.807) is 54.4 Å². The summed E-state index contributed by atoms with van der Waals surface area (Å²) in [6.07, 6.45) is 1.40. The maximum absolute atomic E-state index is 12.5. The van der Waals surface area contributed by atoms with E-state index in [9.17, 15) is 14.4 Å². The van der Waals surface area contributed by atoms with Gasteiger partial charge in [-0.15, -0.1) is 0 Å². The second-order valence-corrected chi connectivity index (χ2v) is 6.28. The molecule has 26 heavy (non-hydrogen) atoms. The number of rotatable bonds is 4. The summed E-state index contributed by atoms with van der Waals surface area (Å²) in [6.45, 7) is 2.18. The van der Waals surface area contributed by atoms with E-state index in [1.807, 2.05) is 6.07 Å². The molecular weight excluding hydrogens is 330 g/mol. The largest absolute Gasteiger partial charge is 0.322 e.